The van der Waals surface area contributed by atoms with Crippen molar-refractivity contribution in [2.45, 2.75) is 0 Å². The van der Waals surface area contributed by atoms with Crippen LogP contribution in [-0.4, -0.2) is 18.1 Å². The van der Waals surface area contributed by atoms with Crippen LogP contribution in [0, 0.1) is 0 Å². The molecule has 0 spiro atoms. The lowest BCUT2D eigenvalue weighted by Gasteiger charge is -2.06. The quantitative estimate of drug-likeness (QED) is 0.573. The molecule has 0 aliphatic rings. The molecule has 1 heterocycles. The van der Waals surface area contributed by atoms with E-state index >= 15 is 0 Å². The summed E-state index contributed by atoms with van der Waals surface area (Å²) in [5, 5.41) is 12.4. The molecule has 6 heteroatoms. The van der Waals surface area contributed by atoms with Crippen LogP contribution in [0.15, 0.2) is 57.7 Å². The molecule has 23 heavy (non-hydrogen) atoms. The zero-order valence-corrected chi connectivity index (χ0v) is 12.2. The van der Waals surface area contributed by atoms with Gasteiger partial charge in [-0.05, 0) is 42.5 Å². The number of ether oxygens (including phenoxy) is 1. The van der Waals surface area contributed by atoms with Gasteiger partial charge in [-0.25, -0.2) is 4.79 Å². The van der Waals surface area contributed by atoms with Gasteiger partial charge in [0.05, 0.1) is 7.11 Å². The van der Waals surface area contributed by atoms with Crippen LogP contribution in [0.5, 0.6) is 11.5 Å². The number of anilines is 1. The van der Waals surface area contributed by atoms with E-state index in [9.17, 15) is 14.7 Å². The van der Waals surface area contributed by atoms with Crippen LogP contribution in [0.2, 0.25) is 0 Å². The monoisotopic (exact) mass is 311 g/mol. The van der Waals surface area contributed by atoms with Crippen LogP contribution in [0.25, 0.3) is 11.0 Å². The van der Waals surface area contributed by atoms with Gasteiger partial charge in [-0.1, -0.05) is 0 Å². The molecule has 3 aromatic rings. The molecule has 2 aromatic carbocycles. The minimum absolute atomic E-state index is 0.0853. The fourth-order valence-electron chi connectivity index (χ4n) is 2.12. The van der Waals surface area contributed by atoms with Crippen LogP contribution < -0.4 is 15.7 Å². The number of hydrogen-bond acceptors (Lipinski definition) is 5. The Hall–Kier alpha value is -3.28. The second-order valence-electron chi connectivity index (χ2n) is 4.85. The molecule has 0 saturated carbocycles. The van der Waals surface area contributed by atoms with Crippen molar-refractivity contribution in [3.8, 4) is 11.5 Å². The molecule has 3 rings (SSSR count). The van der Waals surface area contributed by atoms with Crippen LogP contribution in [-0.2, 0) is 0 Å². The number of hydrogen-bond donors (Lipinski definition) is 2. The van der Waals surface area contributed by atoms with Gasteiger partial charge in [0.2, 0.25) is 0 Å². The maximum atomic E-state index is 12.2. The Labute approximate surface area is 130 Å². The molecular formula is C17H13NO5. The van der Waals surface area contributed by atoms with E-state index in [4.69, 9.17) is 9.15 Å². The topological polar surface area (TPSA) is 88.8 Å². The molecule has 0 atom stereocenters. The minimum atomic E-state index is -0.734. The van der Waals surface area contributed by atoms with Crippen molar-refractivity contribution in [2.24, 2.45) is 0 Å². The van der Waals surface area contributed by atoms with E-state index in [1.165, 1.54) is 37.4 Å². The number of rotatable bonds is 3. The van der Waals surface area contributed by atoms with E-state index in [1.807, 2.05) is 0 Å². The number of nitrogens with one attached hydrogen (secondary N) is 1. The SMILES string of the molecule is COc1ccc2cc(C(=O)Nc3ccc(O)cc3)c(=O)oc2c1. The highest BCUT2D eigenvalue weighted by atomic mass is 16.5. The van der Waals surface area contributed by atoms with Gasteiger partial charge in [-0.2, -0.15) is 0 Å². The van der Waals surface area contributed by atoms with Crippen LogP contribution in [0.4, 0.5) is 5.69 Å². The van der Waals surface area contributed by atoms with Gasteiger partial charge in [-0.15, -0.1) is 0 Å². The Morgan fingerprint density at radius 1 is 1.13 bits per heavy atom. The molecule has 0 saturated heterocycles. The maximum absolute atomic E-state index is 12.2. The molecule has 0 bridgehead atoms. The second kappa shape index (κ2) is 5.84. The first-order valence-electron chi connectivity index (χ1n) is 6.79. The number of amides is 1. The Kier molecular flexibility index (Phi) is 3.72. The lowest BCUT2D eigenvalue weighted by atomic mass is 10.1. The van der Waals surface area contributed by atoms with Crippen LogP contribution >= 0.6 is 0 Å². The first-order chi connectivity index (χ1) is 11.1. The van der Waals surface area contributed by atoms with Crippen molar-refractivity contribution in [3.05, 3.63) is 64.5 Å². The average molecular weight is 311 g/mol. The summed E-state index contributed by atoms with van der Waals surface area (Å²) < 4.78 is 10.2. The number of methoxy groups -OCH3 is 1. The first kappa shape index (κ1) is 14.6. The molecule has 6 nitrogen and oxygen atoms in total. The molecule has 0 radical (unpaired) electrons. The third kappa shape index (κ3) is 3.01. The Morgan fingerprint density at radius 3 is 2.57 bits per heavy atom. The fourth-order valence-corrected chi connectivity index (χ4v) is 2.12. The highest BCUT2D eigenvalue weighted by Crippen LogP contribution is 2.21. The number of phenols is 1. The van der Waals surface area contributed by atoms with Crippen molar-refractivity contribution >= 4 is 22.6 Å². The zero-order chi connectivity index (χ0) is 16.4. The third-order valence-corrected chi connectivity index (χ3v) is 3.31. The summed E-state index contributed by atoms with van der Waals surface area (Å²) in [6.07, 6.45) is 0. The van der Waals surface area contributed by atoms with E-state index in [0.29, 0.717) is 22.4 Å². The second-order valence-corrected chi connectivity index (χ2v) is 4.85. The average Bonchev–Trinajstić information content (AvgIpc) is 2.55. The van der Waals surface area contributed by atoms with E-state index in [-0.39, 0.29) is 11.3 Å². The number of benzene rings is 2. The van der Waals surface area contributed by atoms with Crippen LogP contribution in [0.3, 0.4) is 0 Å². The fraction of sp³-hybridized carbons (Fsp3) is 0.0588. The normalized spacial score (nSPS) is 10.5. The third-order valence-electron chi connectivity index (χ3n) is 3.31. The summed E-state index contributed by atoms with van der Waals surface area (Å²) in [5.74, 6) is 0.0614. The molecule has 116 valence electrons. The Bertz CT molecular complexity index is 928. The molecule has 0 fully saturated rings. The standard InChI is InChI=1S/C17H13NO5/c1-22-13-7-2-10-8-14(17(21)23-15(10)9-13)16(20)18-11-3-5-12(19)6-4-11/h2-9,19H,1H3,(H,18,20). The smallest absolute Gasteiger partial charge is 0.349 e. The predicted octanol–water partition coefficient (Wildman–Crippen LogP) is 2.76. The molecule has 2 N–H and O–H groups in total. The maximum Gasteiger partial charge on any atom is 0.349 e. The minimum Gasteiger partial charge on any atom is -0.508 e. The Morgan fingerprint density at radius 2 is 1.87 bits per heavy atom. The largest absolute Gasteiger partial charge is 0.508 e. The van der Waals surface area contributed by atoms with Gasteiger partial charge in [0.15, 0.2) is 0 Å². The molecule has 1 amide bonds. The van der Waals surface area contributed by atoms with Crippen molar-refractivity contribution in [1.29, 1.82) is 0 Å². The van der Waals surface area contributed by atoms with Crippen LogP contribution in [0.1, 0.15) is 10.4 Å². The van der Waals surface area contributed by atoms with E-state index < -0.39 is 11.5 Å². The van der Waals surface area contributed by atoms with Gasteiger partial charge in [0, 0.05) is 17.1 Å². The van der Waals surface area contributed by atoms with Crippen molar-refractivity contribution < 1.29 is 19.1 Å². The highest BCUT2D eigenvalue weighted by molar-refractivity contribution is 6.05. The van der Waals surface area contributed by atoms with Crippen molar-refractivity contribution in [1.82, 2.24) is 0 Å². The number of aromatic hydroxyl groups is 1. The van der Waals surface area contributed by atoms with Gasteiger partial charge >= 0.3 is 5.63 Å². The molecule has 0 aliphatic heterocycles. The van der Waals surface area contributed by atoms with Gasteiger partial charge in [0.1, 0.15) is 22.6 Å². The van der Waals surface area contributed by atoms with E-state index in [1.54, 1.807) is 18.2 Å². The molecule has 0 unspecified atom stereocenters. The zero-order valence-electron chi connectivity index (χ0n) is 12.2. The van der Waals surface area contributed by atoms with E-state index in [2.05, 4.69) is 5.32 Å². The number of fused-ring (bicyclic) bond motifs is 1. The predicted molar refractivity (Wildman–Crippen MR) is 85.1 cm³/mol. The molecule has 0 aliphatic carbocycles. The van der Waals surface area contributed by atoms with Gasteiger partial charge < -0.3 is 19.6 Å². The number of carbonyl (C=O) groups is 1. The molecule has 1 aromatic heterocycles. The highest BCUT2D eigenvalue weighted by Gasteiger charge is 2.14. The first-order valence-corrected chi connectivity index (χ1v) is 6.79. The van der Waals surface area contributed by atoms with Gasteiger partial charge in [-0.3, -0.25) is 4.79 Å². The van der Waals surface area contributed by atoms with E-state index in [0.717, 1.165) is 0 Å². The van der Waals surface area contributed by atoms with Crippen molar-refractivity contribution in [3.63, 3.8) is 0 Å². The summed E-state index contributed by atoms with van der Waals surface area (Å²) in [7, 11) is 1.51. The number of carbonyl (C=O) groups excluding carboxylic acids is 1. The van der Waals surface area contributed by atoms with Crippen molar-refractivity contribution in [2.75, 3.05) is 12.4 Å². The number of phenolic OH excluding ortho intramolecular Hbond substituents is 1. The summed E-state index contributed by atoms with van der Waals surface area (Å²) >= 11 is 0. The summed E-state index contributed by atoms with van der Waals surface area (Å²) in [6.45, 7) is 0. The summed E-state index contributed by atoms with van der Waals surface area (Å²) in [4.78, 5) is 24.2. The lowest BCUT2D eigenvalue weighted by Crippen LogP contribution is -2.20. The molecular weight excluding hydrogens is 298 g/mol. The Balaban J connectivity index is 1.95. The van der Waals surface area contributed by atoms with Gasteiger partial charge in [0.25, 0.3) is 5.91 Å². The lowest BCUT2D eigenvalue weighted by molar-refractivity contribution is 0.102. The summed E-state index contributed by atoms with van der Waals surface area (Å²) in [5.41, 5.74) is -0.0321. The summed E-state index contributed by atoms with van der Waals surface area (Å²) in [6, 6.07) is 12.4.